The number of rotatable bonds is 4. The van der Waals surface area contributed by atoms with Gasteiger partial charge in [-0.3, -0.25) is 4.98 Å². The largest absolute Gasteiger partial charge is 0.336 e. The van der Waals surface area contributed by atoms with Gasteiger partial charge in [0.25, 0.3) is 0 Å². The second-order valence-corrected chi connectivity index (χ2v) is 6.07. The van der Waals surface area contributed by atoms with E-state index in [9.17, 15) is 0 Å². The number of hydrogen-bond acceptors (Lipinski definition) is 4. The van der Waals surface area contributed by atoms with Gasteiger partial charge in [0.05, 0.1) is 12.0 Å². The zero-order chi connectivity index (χ0) is 15.2. The molecule has 0 amide bonds. The molecule has 1 aliphatic rings. The summed E-state index contributed by atoms with van der Waals surface area (Å²) in [5.41, 5.74) is 2.08. The highest BCUT2D eigenvalue weighted by Gasteiger charge is 2.49. The summed E-state index contributed by atoms with van der Waals surface area (Å²) in [6.45, 7) is 4.84. The topological polar surface area (TPSA) is 61.4 Å². The van der Waals surface area contributed by atoms with Crippen molar-refractivity contribution in [3.63, 3.8) is 0 Å². The highest BCUT2D eigenvalue weighted by atomic mass is 15.4. The minimum Gasteiger partial charge on any atom is -0.336 e. The lowest BCUT2D eigenvalue weighted by atomic mass is 10.1. The van der Waals surface area contributed by atoms with Gasteiger partial charge < -0.3 is 4.57 Å². The first-order chi connectivity index (χ1) is 10.7. The molecule has 6 nitrogen and oxygen atoms in total. The van der Waals surface area contributed by atoms with E-state index in [1.165, 1.54) is 0 Å². The Balaban J connectivity index is 1.76. The van der Waals surface area contributed by atoms with E-state index in [2.05, 4.69) is 19.6 Å². The standard InChI is InChI=1S/C16H18N6/c1-12-9-14(3-6-18-12)22-15(19-13(2)20-22)16(4-5-16)10-21-8-7-17-11-21/h3,6-9,11H,4-5,10H2,1-2H3. The first kappa shape index (κ1) is 13.2. The summed E-state index contributed by atoms with van der Waals surface area (Å²) in [5, 5.41) is 4.61. The van der Waals surface area contributed by atoms with Gasteiger partial charge in [0.2, 0.25) is 0 Å². The lowest BCUT2D eigenvalue weighted by Crippen LogP contribution is -2.20. The van der Waals surface area contributed by atoms with E-state index in [1.54, 1.807) is 0 Å². The van der Waals surface area contributed by atoms with Crippen molar-refractivity contribution in [3.05, 3.63) is 54.4 Å². The van der Waals surface area contributed by atoms with Gasteiger partial charge in [-0.15, -0.1) is 0 Å². The highest BCUT2D eigenvalue weighted by Crippen LogP contribution is 2.49. The van der Waals surface area contributed by atoms with Gasteiger partial charge in [-0.25, -0.2) is 14.6 Å². The van der Waals surface area contributed by atoms with Gasteiger partial charge >= 0.3 is 0 Å². The number of hydrogen-bond donors (Lipinski definition) is 0. The fourth-order valence-electron chi connectivity index (χ4n) is 2.93. The van der Waals surface area contributed by atoms with E-state index in [-0.39, 0.29) is 5.41 Å². The molecule has 1 aliphatic carbocycles. The Morgan fingerprint density at radius 3 is 2.77 bits per heavy atom. The third-order valence-electron chi connectivity index (χ3n) is 4.21. The van der Waals surface area contributed by atoms with Gasteiger partial charge in [-0.05, 0) is 38.8 Å². The molecule has 6 heteroatoms. The monoisotopic (exact) mass is 294 g/mol. The van der Waals surface area contributed by atoms with Crippen molar-refractivity contribution in [2.75, 3.05) is 0 Å². The molecule has 112 valence electrons. The molecule has 4 rings (SSSR count). The minimum absolute atomic E-state index is 0.0686. The summed E-state index contributed by atoms with van der Waals surface area (Å²) < 4.78 is 4.10. The number of imidazole rings is 1. The zero-order valence-electron chi connectivity index (χ0n) is 12.8. The molecule has 0 unspecified atom stereocenters. The second kappa shape index (κ2) is 4.76. The number of pyridine rings is 1. The summed E-state index contributed by atoms with van der Waals surface area (Å²) >= 11 is 0. The molecule has 1 fully saturated rings. The van der Waals surface area contributed by atoms with Crippen molar-refractivity contribution < 1.29 is 0 Å². The predicted octanol–water partition coefficient (Wildman–Crippen LogP) is 2.21. The Kier molecular flexibility index (Phi) is 2.85. The minimum atomic E-state index is 0.0686. The number of aryl methyl sites for hydroxylation is 2. The maximum Gasteiger partial charge on any atom is 0.148 e. The molecule has 0 N–H and O–H groups in total. The van der Waals surface area contributed by atoms with Crippen LogP contribution in [-0.2, 0) is 12.0 Å². The summed E-state index contributed by atoms with van der Waals surface area (Å²) in [4.78, 5) is 13.1. The van der Waals surface area contributed by atoms with Crippen molar-refractivity contribution in [1.29, 1.82) is 0 Å². The second-order valence-electron chi connectivity index (χ2n) is 6.07. The van der Waals surface area contributed by atoms with Gasteiger partial charge in [-0.1, -0.05) is 0 Å². The number of nitrogens with zero attached hydrogens (tertiary/aromatic N) is 6. The maximum atomic E-state index is 4.73. The molecule has 0 spiro atoms. The maximum absolute atomic E-state index is 4.73. The molecular weight excluding hydrogens is 276 g/mol. The van der Waals surface area contributed by atoms with Crippen LogP contribution in [0.15, 0.2) is 37.1 Å². The predicted molar refractivity (Wildman–Crippen MR) is 81.8 cm³/mol. The van der Waals surface area contributed by atoms with E-state index in [1.807, 2.05) is 55.6 Å². The lowest BCUT2D eigenvalue weighted by Gasteiger charge is -2.16. The van der Waals surface area contributed by atoms with E-state index in [0.717, 1.165) is 42.4 Å². The van der Waals surface area contributed by atoms with Crippen molar-refractivity contribution in [1.82, 2.24) is 29.3 Å². The molecule has 0 radical (unpaired) electrons. The van der Waals surface area contributed by atoms with Crippen molar-refractivity contribution in [3.8, 4) is 5.69 Å². The average molecular weight is 294 g/mol. The van der Waals surface area contributed by atoms with Gasteiger partial charge in [0.15, 0.2) is 0 Å². The molecule has 22 heavy (non-hydrogen) atoms. The van der Waals surface area contributed by atoms with Gasteiger partial charge in [0, 0.05) is 36.2 Å². The van der Waals surface area contributed by atoms with Crippen LogP contribution in [-0.4, -0.2) is 29.3 Å². The molecule has 0 atom stereocenters. The van der Waals surface area contributed by atoms with Crippen LogP contribution in [0.5, 0.6) is 0 Å². The van der Waals surface area contributed by atoms with Crippen LogP contribution in [0.3, 0.4) is 0 Å². The quantitative estimate of drug-likeness (QED) is 0.740. The Labute approximate surface area is 128 Å². The molecule has 0 saturated heterocycles. The summed E-state index contributed by atoms with van der Waals surface area (Å²) in [6, 6.07) is 4.03. The van der Waals surface area contributed by atoms with Crippen molar-refractivity contribution in [2.45, 2.75) is 38.6 Å². The van der Waals surface area contributed by atoms with Crippen LogP contribution in [0.25, 0.3) is 5.69 Å². The normalized spacial score (nSPS) is 15.9. The molecule has 3 aromatic rings. The molecule has 0 aromatic carbocycles. The van der Waals surface area contributed by atoms with Crippen molar-refractivity contribution >= 4 is 0 Å². The first-order valence-corrected chi connectivity index (χ1v) is 7.49. The molecule has 3 heterocycles. The van der Waals surface area contributed by atoms with Crippen molar-refractivity contribution in [2.24, 2.45) is 0 Å². The van der Waals surface area contributed by atoms with Crippen LogP contribution in [0.2, 0.25) is 0 Å². The molecule has 0 aliphatic heterocycles. The fraction of sp³-hybridized carbons (Fsp3) is 0.375. The smallest absolute Gasteiger partial charge is 0.148 e. The molecule has 0 bridgehead atoms. The molecular formula is C16H18N6. The van der Waals surface area contributed by atoms with Crippen LogP contribution in [0, 0.1) is 13.8 Å². The summed E-state index contributed by atoms with van der Waals surface area (Å²) in [6.07, 6.45) is 9.77. The SMILES string of the molecule is Cc1cc(-n2nc(C)nc2C2(Cn3ccnc3)CC2)ccn1. The Hall–Kier alpha value is -2.50. The first-order valence-electron chi connectivity index (χ1n) is 7.49. The van der Waals surface area contributed by atoms with E-state index in [0.29, 0.717) is 0 Å². The van der Waals surface area contributed by atoms with Gasteiger partial charge in [-0.2, -0.15) is 5.10 Å². The fourth-order valence-corrected chi connectivity index (χ4v) is 2.93. The van der Waals surface area contributed by atoms with Crippen LogP contribution >= 0.6 is 0 Å². The Morgan fingerprint density at radius 1 is 1.23 bits per heavy atom. The lowest BCUT2D eigenvalue weighted by molar-refractivity contribution is 0.507. The van der Waals surface area contributed by atoms with Gasteiger partial charge in [0.1, 0.15) is 11.6 Å². The third-order valence-corrected chi connectivity index (χ3v) is 4.21. The average Bonchev–Trinajstić information content (AvgIpc) is 2.91. The number of aromatic nitrogens is 6. The Morgan fingerprint density at radius 2 is 2.09 bits per heavy atom. The third kappa shape index (κ3) is 2.20. The van der Waals surface area contributed by atoms with E-state index in [4.69, 9.17) is 4.98 Å². The molecule has 1 saturated carbocycles. The van der Waals surface area contributed by atoms with Crippen LogP contribution < -0.4 is 0 Å². The zero-order valence-corrected chi connectivity index (χ0v) is 12.8. The molecule has 3 aromatic heterocycles. The summed E-state index contributed by atoms with van der Waals surface area (Å²) in [7, 11) is 0. The Bertz CT molecular complexity index is 798. The van der Waals surface area contributed by atoms with Crippen LogP contribution in [0.4, 0.5) is 0 Å². The van der Waals surface area contributed by atoms with E-state index >= 15 is 0 Å². The van der Waals surface area contributed by atoms with Crippen LogP contribution in [0.1, 0.15) is 30.2 Å². The highest BCUT2D eigenvalue weighted by molar-refractivity contribution is 5.35. The van der Waals surface area contributed by atoms with E-state index < -0.39 is 0 Å². The summed E-state index contributed by atoms with van der Waals surface area (Å²) in [5.74, 6) is 1.85.